The van der Waals surface area contributed by atoms with Gasteiger partial charge in [0.25, 0.3) is 5.91 Å². The van der Waals surface area contributed by atoms with Crippen LogP contribution in [0.2, 0.25) is 0 Å². The van der Waals surface area contributed by atoms with Crippen LogP contribution in [0.25, 0.3) is 33.5 Å². The molecule has 2 N–H and O–H groups in total. The predicted molar refractivity (Wildman–Crippen MR) is 171 cm³/mol. The number of ether oxygens (including phenoxy) is 1. The number of morpholine rings is 1. The van der Waals surface area contributed by atoms with Crippen LogP contribution in [-0.4, -0.2) is 81.2 Å². The topological polar surface area (TPSA) is 138 Å². The van der Waals surface area contributed by atoms with Gasteiger partial charge in [0, 0.05) is 78.4 Å². The number of anilines is 3. The highest BCUT2D eigenvalue weighted by atomic mass is 16.5. The number of nitrogens with zero attached hydrogens (tertiary/aromatic N) is 7. The summed E-state index contributed by atoms with van der Waals surface area (Å²) in [5.74, 6) is 1.33. The average Bonchev–Trinajstić information content (AvgIpc) is 3.64. The van der Waals surface area contributed by atoms with Crippen molar-refractivity contribution in [2.75, 3.05) is 54.9 Å². The molecule has 5 aromatic rings. The van der Waals surface area contributed by atoms with E-state index in [1.54, 1.807) is 42.9 Å². The molecule has 2 aliphatic rings. The van der Waals surface area contributed by atoms with E-state index in [1.807, 2.05) is 35.2 Å². The number of hydrogen-bond acceptors (Lipinski definition) is 9. The van der Waals surface area contributed by atoms with Gasteiger partial charge in [-0.15, -0.1) is 0 Å². The van der Waals surface area contributed by atoms with Crippen molar-refractivity contribution in [2.45, 2.75) is 12.8 Å². The fraction of sp³-hybridized carbons (Fsp3) is 0.242. The van der Waals surface area contributed by atoms with Gasteiger partial charge < -0.3 is 25.2 Å². The van der Waals surface area contributed by atoms with Gasteiger partial charge in [0.1, 0.15) is 11.8 Å². The van der Waals surface area contributed by atoms with Crippen LogP contribution in [0.4, 0.5) is 22.0 Å². The molecule has 3 amide bonds. The Kier molecular flexibility index (Phi) is 7.94. The van der Waals surface area contributed by atoms with Crippen LogP contribution >= 0.6 is 0 Å². The third-order valence-electron chi connectivity index (χ3n) is 7.91. The number of pyridine rings is 1. The predicted octanol–water partition coefficient (Wildman–Crippen LogP) is 4.87. The highest BCUT2D eigenvalue weighted by molar-refractivity contribution is 6.00. The first kappa shape index (κ1) is 28.3. The maximum Gasteiger partial charge on any atom is 0.323 e. The summed E-state index contributed by atoms with van der Waals surface area (Å²) in [7, 11) is 0. The molecule has 0 unspecified atom stereocenters. The van der Waals surface area contributed by atoms with Crippen molar-refractivity contribution in [1.29, 1.82) is 0 Å². The number of fused-ring (bicyclic) bond motifs is 1. The summed E-state index contributed by atoms with van der Waals surface area (Å²) in [6.45, 7) is 4.23. The minimum absolute atomic E-state index is 0.0264. The molecule has 0 bridgehead atoms. The molecule has 0 spiro atoms. The number of nitrogens with one attached hydrogen (secondary N) is 2. The first-order valence-electron chi connectivity index (χ1n) is 14.9. The van der Waals surface area contributed by atoms with Crippen LogP contribution in [-0.2, 0) is 4.74 Å². The first-order chi connectivity index (χ1) is 22.1. The van der Waals surface area contributed by atoms with E-state index in [0.29, 0.717) is 60.1 Å². The molecule has 2 aliphatic heterocycles. The zero-order chi connectivity index (χ0) is 30.6. The lowest BCUT2D eigenvalue weighted by Gasteiger charge is -2.28. The van der Waals surface area contributed by atoms with Gasteiger partial charge in [0.05, 0.1) is 18.7 Å². The zero-order valence-corrected chi connectivity index (χ0v) is 24.5. The fourth-order valence-electron chi connectivity index (χ4n) is 5.53. The van der Waals surface area contributed by atoms with Gasteiger partial charge in [-0.3, -0.25) is 9.78 Å². The van der Waals surface area contributed by atoms with Crippen LogP contribution in [0.5, 0.6) is 0 Å². The second-order valence-electron chi connectivity index (χ2n) is 10.9. The molecule has 12 heteroatoms. The lowest BCUT2D eigenvalue weighted by molar-refractivity contribution is 0.0793. The molecule has 5 heterocycles. The Bertz CT molecular complexity index is 1820. The molecule has 0 radical (unpaired) electrons. The van der Waals surface area contributed by atoms with Gasteiger partial charge in [-0.2, -0.15) is 0 Å². The summed E-state index contributed by atoms with van der Waals surface area (Å²) < 4.78 is 5.57. The quantitative estimate of drug-likeness (QED) is 0.279. The Morgan fingerprint density at radius 3 is 2.09 bits per heavy atom. The third kappa shape index (κ3) is 6.27. The second kappa shape index (κ2) is 12.6. The Labute approximate surface area is 259 Å². The van der Waals surface area contributed by atoms with E-state index in [4.69, 9.17) is 19.7 Å². The lowest BCUT2D eigenvalue weighted by Crippen LogP contribution is -2.37. The molecule has 12 nitrogen and oxygen atoms in total. The van der Waals surface area contributed by atoms with Crippen molar-refractivity contribution in [3.8, 4) is 22.5 Å². The number of benzene rings is 2. The van der Waals surface area contributed by atoms with Crippen LogP contribution < -0.4 is 15.5 Å². The SMILES string of the molecule is O=C(Nc1ccc(C(=O)N2CCCC2)cc1)Nc1ccc(-c2nc(N3CCOCC3)c3ncc(-c4cncnc4)cc3n2)cc1. The number of likely N-dealkylation sites (tertiary alicyclic amines) is 1. The summed E-state index contributed by atoms with van der Waals surface area (Å²) in [5, 5.41) is 5.68. The second-order valence-corrected chi connectivity index (χ2v) is 10.9. The standard InChI is InChI=1S/C33H31N9O3/c43-32(42-11-1-2-12-42)23-5-9-27(10-6-23)38-33(44)37-26-7-3-22(4-8-26)30-39-28-17-24(25-18-34-21-35-19-25)20-36-29(28)31(40-30)41-13-15-45-16-14-41/h3-10,17-21H,1-2,11-16H2,(H2,37,38,44). The zero-order valence-electron chi connectivity index (χ0n) is 24.5. The summed E-state index contributed by atoms with van der Waals surface area (Å²) >= 11 is 0. The first-order valence-corrected chi connectivity index (χ1v) is 14.9. The molecule has 2 fully saturated rings. The number of carbonyl (C=O) groups excluding carboxylic acids is 2. The fourth-order valence-corrected chi connectivity index (χ4v) is 5.53. The highest BCUT2D eigenvalue weighted by Crippen LogP contribution is 2.30. The minimum Gasteiger partial charge on any atom is -0.378 e. The van der Waals surface area contributed by atoms with Gasteiger partial charge in [0.15, 0.2) is 11.6 Å². The average molecular weight is 602 g/mol. The maximum atomic E-state index is 12.7. The summed E-state index contributed by atoms with van der Waals surface area (Å²) in [6, 6.07) is 15.9. The number of amides is 3. The van der Waals surface area contributed by atoms with Crippen molar-refractivity contribution in [3.63, 3.8) is 0 Å². The van der Waals surface area contributed by atoms with Gasteiger partial charge in [-0.1, -0.05) is 0 Å². The molecular weight excluding hydrogens is 570 g/mol. The number of carbonyl (C=O) groups is 2. The third-order valence-corrected chi connectivity index (χ3v) is 7.91. The normalized spacial score (nSPS) is 14.8. The van der Waals surface area contributed by atoms with Crippen molar-refractivity contribution in [3.05, 3.63) is 85.1 Å². The van der Waals surface area contributed by atoms with E-state index in [1.165, 1.54) is 6.33 Å². The van der Waals surface area contributed by atoms with E-state index in [0.717, 1.165) is 48.4 Å². The van der Waals surface area contributed by atoms with Crippen molar-refractivity contribution >= 4 is 40.2 Å². The molecule has 0 aliphatic carbocycles. The Balaban J connectivity index is 1.09. The number of rotatable bonds is 6. The van der Waals surface area contributed by atoms with E-state index in [9.17, 15) is 9.59 Å². The van der Waals surface area contributed by atoms with Gasteiger partial charge >= 0.3 is 6.03 Å². The van der Waals surface area contributed by atoms with E-state index < -0.39 is 0 Å². The Morgan fingerprint density at radius 2 is 1.40 bits per heavy atom. The van der Waals surface area contributed by atoms with Crippen LogP contribution in [0.15, 0.2) is 79.5 Å². The van der Waals surface area contributed by atoms with Crippen LogP contribution in [0, 0.1) is 0 Å². The van der Waals surface area contributed by atoms with E-state index in [-0.39, 0.29) is 11.9 Å². The molecule has 2 aromatic carbocycles. The molecule has 45 heavy (non-hydrogen) atoms. The highest BCUT2D eigenvalue weighted by Gasteiger charge is 2.21. The summed E-state index contributed by atoms with van der Waals surface area (Å²) in [4.78, 5) is 52.2. The van der Waals surface area contributed by atoms with E-state index in [2.05, 4.69) is 25.5 Å². The van der Waals surface area contributed by atoms with Crippen LogP contribution in [0.3, 0.4) is 0 Å². The summed E-state index contributed by atoms with van der Waals surface area (Å²) in [6.07, 6.45) is 8.86. The maximum absolute atomic E-state index is 12.7. The number of urea groups is 1. The molecule has 226 valence electrons. The molecule has 0 atom stereocenters. The molecule has 2 saturated heterocycles. The summed E-state index contributed by atoms with van der Waals surface area (Å²) in [5.41, 5.74) is 5.74. The smallest absolute Gasteiger partial charge is 0.323 e. The number of hydrogen-bond donors (Lipinski definition) is 2. The largest absolute Gasteiger partial charge is 0.378 e. The Hall–Kier alpha value is -5.49. The number of aromatic nitrogens is 5. The van der Waals surface area contributed by atoms with Gasteiger partial charge in [-0.25, -0.2) is 24.7 Å². The van der Waals surface area contributed by atoms with Crippen molar-refractivity contribution in [2.24, 2.45) is 0 Å². The van der Waals surface area contributed by atoms with Crippen molar-refractivity contribution in [1.82, 2.24) is 29.8 Å². The lowest BCUT2D eigenvalue weighted by atomic mass is 10.1. The molecular formula is C33H31N9O3. The molecule has 0 saturated carbocycles. The Morgan fingerprint density at radius 1 is 0.733 bits per heavy atom. The van der Waals surface area contributed by atoms with E-state index >= 15 is 0 Å². The monoisotopic (exact) mass is 601 g/mol. The molecule has 7 rings (SSSR count). The van der Waals surface area contributed by atoms with Crippen molar-refractivity contribution < 1.29 is 14.3 Å². The van der Waals surface area contributed by atoms with Gasteiger partial charge in [-0.05, 0) is 67.4 Å². The van der Waals surface area contributed by atoms with Crippen LogP contribution in [0.1, 0.15) is 23.2 Å². The molecule has 3 aromatic heterocycles. The van der Waals surface area contributed by atoms with Gasteiger partial charge in [0.2, 0.25) is 0 Å². The minimum atomic E-state index is -0.388.